The van der Waals surface area contributed by atoms with Crippen molar-refractivity contribution in [2.24, 2.45) is 0 Å². The molecular weight excluding hydrogens is 325 g/mol. The Bertz CT molecular complexity index is 655. The number of hydrogen-bond donors (Lipinski definition) is 2. The number of benzene rings is 1. The van der Waals surface area contributed by atoms with Crippen LogP contribution < -0.4 is 4.74 Å². The summed E-state index contributed by atoms with van der Waals surface area (Å²) in [6.07, 6.45) is 0. The van der Waals surface area contributed by atoms with E-state index in [1.54, 1.807) is 0 Å². The molecule has 0 bridgehead atoms. The summed E-state index contributed by atoms with van der Waals surface area (Å²) in [4.78, 5) is 10.7. The number of carboxylic acid groups (broad SMARTS) is 1. The van der Waals surface area contributed by atoms with E-state index in [0.29, 0.717) is 0 Å². The second-order valence-corrected chi connectivity index (χ2v) is 4.34. The first-order valence-electron chi connectivity index (χ1n) is 4.91. The SMILES string of the molecule is COc1c(O)cc(Br)c(F)c1-c1cc(C(=O)O)on1. The molecular formula is C11H7BrFNO5. The zero-order valence-electron chi connectivity index (χ0n) is 9.48. The smallest absolute Gasteiger partial charge is 0.374 e. The zero-order chi connectivity index (χ0) is 14.2. The first-order chi connectivity index (χ1) is 8.95. The van der Waals surface area contributed by atoms with Crippen molar-refractivity contribution in [3.63, 3.8) is 0 Å². The average molecular weight is 332 g/mol. The Morgan fingerprint density at radius 1 is 1.53 bits per heavy atom. The average Bonchev–Trinajstić information content (AvgIpc) is 2.82. The van der Waals surface area contributed by atoms with E-state index in [4.69, 9.17) is 9.84 Å². The van der Waals surface area contributed by atoms with Crippen LogP contribution in [0, 0.1) is 5.82 Å². The maximum Gasteiger partial charge on any atom is 0.374 e. The Labute approximate surface area is 114 Å². The fourth-order valence-corrected chi connectivity index (χ4v) is 1.94. The highest BCUT2D eigenvalue weighted by molar-refractivity contribution is 9.10. The third-order valence-corrected chi connectivity index (χ3v) is 2.91. The molecule has 0 atom stereocenters. The molecule has 2 N–H and O–H groups in total. The summed E-state index contributed by atoms with van der Waals surface area (Å²) in [5.74, 6) is -3.01. The highest BCUT2D eigenvalue weighted by Gasteiger charge is 2.23. The third-order valence-electron chi connectivity index (χ3n) is 2.33. The van der Waals surface area contributed by atoms with Crippen molar-refractivity contribution in [1.29, 1.82) is 0 Å². The molecule has 0 aliphatic heterocycles. The van der Waals surface area contributed by atoms with Gasteiger partial charge in [0.25, 0.3) is 0 Å². The topological polar surface area (TPSA) is 92.8 Å². The molecule has 0 aliphatic carbocycles. The van der Waals surface area contributed by atoms with E-state index in [-0.39, 0.29) is 27.2 Å². The Balaban J connectivity index is 2.69. The number of phenolic OH excluding ortho intramolecular Hbond substituents is 1. The molecule has 2 aromatic rings. The predicted molar refractivity (Wildman–Crippen MR) is 64.8 cm³/mol. The second-order valence-electron chi connectivity index (χ2n) is 3.48. The van der Waals surface area contributed by atoms with Gasteiger partial charge in [0, 0.05) is 12.1 Å². The van der Waals surface area contributed by atoms with Crippen LogP contribution in [-0.4, -0.2) is 28.4 Å². The van der Waals surface area contributed by atoms with Crippen LogP contribution in [0.25, 0.3) is 11.3 Å². The summed E-state index contributed by atoms with van der Waals surface area (Å²) in [5, 5.41) is 21.9. The molecule has 0 radical (unpaired) electrons. The molecule has 1 heterocycles. The van der Waals surface area contributed by atoms with Crippen molar-refractivity contribution >= 4 is 21.9 Å². The Morgan fingerprint density at radius 2 is 2.21 bits per heavy atom. The highest BCUT2D eigenvalue weighted by atomic mass is 79.9. The number of aromatic hydroxyl groups is 1. The van der Waals surface area contributed by atoms with Gasteiger partial charge in [0.05, 0.1) is 17.1 Å². The van der Waals surface area contributed by atoms with Crippen molar-refractivity contribution in [2.75, 3.05) is 7.11 Å². The maximum absolute atomic E-state index is 14.1. The third kappa shape index (κ3) is 2.26. The summed E-state index contributed by atoms with van der Waals surface area (Å²) < 4.78 is 23.5. The van der Waals surface area contributed by atoms with E-state index in [9.17, 15) is 14.3 Å². The lowest BCUT2D eigenvalue weighted by molar-refractivity contribution is 0.0652. The van der Waals surface area contributed by atoms with Gasteiger partial charge in [-0.3, -0.25) is 0 Å². The number of ether oxygens (including phenoxy) is 1. The van der Waals surface area contributed by atoms with Crippen LogP contribution in [0.4, 0.5) is 4.39 Å². The molecule has 0 spiro atoms. The number of halogens is 2. The minimum atomic E-state index is -1.34. The minimum absolute atomic E-state index is 0.0133. The number of phenols is 1. The molecule has 2 rings (SSSR count). The normalized spacial score (nSPS) is 10.5. The summed E-state index contributed by atoms with van der Waals surface area (Å²) in [5.41, 5.74) is -0.283. The van der Waals surface area contributed by atoms with E-state index in [0.717, 1.165) is 12.1 Å². The van der Waals surface area contributed by atoms with Crippen LogP contribution >= 0.6 is 15.9 Å². The monoisotopic (exact) mass is 331 g/mol. The van der Waals surface area contributed by atoms with Gasteiger partial charge in [0.15, 0.2) is 17.3 Å². The van der Waals surface area contributed by atoms with Crippen molar-refractivity contribution in [3.8, 4) is 22.8 Å². The maximum atomic E-state index is 14.1. The molecule has 0 fully saturated rings. The number of rotatable bonds is 3. The molecule has 1 aromatic carbocycles. The number of aromatic nitrogens is 1. The molecule has 8 heteroatoms. The van der Waals surface area contributed by atoms with Crippen molar-refractivity contribution in [1.82, 2.24) is 5.16 Å². The number of nitrogens with zero attached hydrogens (tertiary/aromatic N) is 1. The van der Waals surface area contributed by atoms with Gasteiger partial charge in [-0.25, -0.2) is 9.18 Å². The zero-order valence-corrected chi connectivity index (χ0v) is 11.1. The lowest BCUT2D eigenvalue weighted by Gasteiger charge is -2.10. The van der Waals surface area contributed by atoms with Gasteiger partial charge in [0.1, 0.15) is 5.69 Å². The summed E-state index contributed by atoms with van der Waals surface area (Å²) in [6, 6.07) is 2.16. The Kier molecular flexibility index (Phi) is 3.43. The van der Waals surface area contributed by atoms with E-state index >= 15 is 0 Å². The Morgan fingerprint density at radius 3 is 2.74 bits per heavy atom. The first-order valence-corrected chi connectivity index (χ1v) is 5.70. The van der Waals surface area contributed by atoms with Crippen LogP contribution in [-0.2, 0) is 0 Å². The largest absolute Gasteiger partial charge is 0.504 e. The fraction of sp³-hybridized carbons (Fsp3) is 0.0909. The van der Waals surface area contributed by atoms with Crippen molar-refractivity contribution < 1.29 is 28.7 Å². The molecule has 1 aromatic heterocycles. The summed E-state index contributed by atoms with van der Waals surface area (Å²) in [7, 11) is 1.24. The number of methoxy groups -OCH3 is 1. The van der Waals surface area contributed by atoms with E-state index < -0.39 is 17.5 Å². The van der Waals surface area contributed by atoms with Gasteiger partial charge in [-0.1, -0.05) is 5.16 Å². The number of hydrogen-bond acceptors (Lipinski definition) is 5. The number of carbonyl (C=O) groups is 1. The molecule has 0 unspecified atom stereocenters. The number of aromatic carboxylic acids is 1. The van der Waals surface area contributed by atoms with Gasteiger partial charge in [-0.2, -0.15) is 0 Å². The van der Waals surface area contributed by atoms with E-state index in [1.165, 1.54) is 7.11 Å². The fourth-order valence-electron chi connectivity index (χ4n) is 1.53. The molecule has 6 nitrogen and oxygen atoms in total. The van der Waals surface area contributed by atoms with Crippen molar-refractivity contribution in [2.45, 2.75) is 0 Å². The molecule has 100 valence electrons. The van der Waals surface area contributed by atoms with Crippen LogP contribution in [0.1, 0.15) is 10.6 Å². The molecule has 0 saturated carbocycles. The van der Waals surface area contributed by atoms with E-state index in [1.807, 2.05) is 0 Å². The second kappa shape index (κ2) is 4.88. The number of carboxylic acids is 1. The Hall–Kier alpha value is -2.09. The molecule has 19 heavy (non-hydrogen) atoms. The van der Waals surface area contributed by atoms with Gasteiger partial charge in [0.2, 0.25) is 5.76 Å². The quantitative estimate of drug-likeness (QED) is 0.898. The van der Waals surface area contributed by atoms with Gasteiger partial charge < -0.3 is 19.5 Å². The first kappa shape index (κ1) is 13.3. The standard InChI is InChI=1S/C11H7BrFNO5/c1-18-10-6(15)2-4(12)9(13)8(10)5-3-7(11(16)17)19-14-5/h2-3,15H,1H3,(H,16,17). The van der Waals surface area contributed by atoms with Gasteiger partial charge >= 0.3 is 5.97 Å². The summed E-state index contributed by atoms with van der Waals surface area (Å²) in [6.45, 7) is 0. The highest BCUT2D eigenvalue weighted by Crippen LogP contribution is 2.42. The van der Waals surface area contributed by atoms with Crippen molar-refractivity contribution in [3.05, 3.63) is 28.2 Å². The van der Waals surface area contributed by atoms with Gasteiger partial charge in [-0.05, 0) is 15.9 Å². The van der Waals surface area contributed by atoms with E-state index in [2.05, 4.69) is 25.6 Å². The predicted octanol–water partition coefficient (Wildman–Crippen LogP) is 2.66. The summed E-state index contributed by atoms with van der Waals surface area (Å²) >= 11 is 2.93. The lowest BCUT2D eigenvalue weighted by atomic mass is 10.1. The lowest BCUT2D eigenvalue weighted by Crippen LogP contribution is -1.94. The minimum Gasteiger partial charge on any atom is -0.504 e. The van der Waals surface area contributed by atoms with Crippen LogP contribution in [0.3, 0.4) is 0 Å². The molecule has 0 saturated heterocycles. The van der Waals surface area contributed by atoms with Crippen LogP contribution in [0.15, 0.2) is 21.1 Å². The molecule has 0 amide bonds. The van der Waals surface area contributed by atoms with Gasteiger partial charge in [-0.15, -0.1) is 0 Å². The van der Waals surface area contributed by atoms with Crippen LogP contribution in [0.2, 0.25) is 0 Å². The molecule has 0 aliphatic rings. The van der Waals surface area contributed by atoms with Crippen LogP contribution in [0.5, 0.6) is 11.5 Å².